The second kappa shape index (κ2) is 9.15. The normalized spacial score (nSPS) is 10.7. The van der Waals surface area contributed by atoms with Crippen LogP contribution in [-0.4, -0.2) is 15.7 Å². The molecule has 5 rings (SSSR count). The van der Waals surface area contributed by atoms with Gasteiger partial charge in [0.15, 0.2) is 5.69 Å². The van der Waals surface area contributed by atoms with Crippen molar-refractivity contribution in [1.29, 1.82) is 0 Å². The van der Waals surface area contributed by atoms with Gasteiger partial charge >= 0.3 is 0 Å². The first-order valence-corrected chi connectivity index (χ1v) is 10.9. The topological polar surface area (TPSA) is 46.9 Å². The minimum absolute atomic E-state index is 0.306. The van der Waals surface area contributed by atoms with Crippen molar-refractivity contribution in [3.05, 3.63) is 126 Å². The number of carbonyl (C=O) groups is 1. The smallest absolute Gasteiger partial charge is 0.276 e. The predicted molar refractivity (Wildman–Crippen MR) is 134 cm³/mol. The van der Waals surface area contributed by atoms with E-state index in [1.165, 1.54) is 0 Å². The van der Waals surface area contributed by atoms with E-state index in [9.17, 15) is 4.79 Å². The zero-order valence-electron chi connectivity index (χ0n) is 17.7. The molecule has 0 saturated heterocycles. The fraction of sp³-hybridized carbons (Fsp3) is 0. The quantitative estimate of drug-likeness (QED) is 0.310. The summed E-state index contributed by atoms with van der Waals surface area (Å²) in [5.74, 6) is -0.320. The van der Waals surface area contributed by atoms with Crippen LogP contribution in [0, 0.1) is 0 Å². The van der Waals surface area contributed by atoms with E-state index < -0.39 is 0 Å². The molecule has 33 heavy (non-hydrogen) atoms. The van der Waals surface area contributed by atoms with Gasteiger partial charge in [-0.1, -0.05) is 96.5 Å². The maximum absolute atomic E-state index is 13.0. The van der Waals surface area contributed by atoms with Crippen LogP contribution in [0.4, 0.5) is 5.69 Å². The van der Waals surface area contributed by atoms with Gasteiger partial charge < -0.3 is 5.32 Å². The SMILES string of the molecule is O=C(Nc1ccccc1Cl)c1cc(-c2ccc(-c3ccccc3)cc2)n(-c2ccccc2)n1. The van der Waals surface area contributed by atoms with Gasteiger partial charge in [0.25, 0.3) is 5.91 Å². The molecule has 0 aliphatic rings. The van der Waals surface area contributed by atoms with Crippen molar-refractivity contribution in [3.63, 3.8) is 0 Å². The molecule has 1 aromatic heterocycles. The van der Waals surface area contributed by atoms with Crippen LogP contribution in [0.15, 0.2) is 115 Å². The van der Waals surface area contributed by atoms with E-state index in [1.807, 2.05) is 60.7 Å². The van der Waals surface area contributed by atoms with E-state index in [0.717, 1.165) is 28.1 Å². The number of rotatable bonds is 5. The third kappa shape index (κ3) is 4.43. The van der Waals surface area contributed by atoms with Crippen molar-refractivity contribution in [2.24, 2.45) is 0 Å². The van der Waals surface area contributed by atoms with Gasteiger partial charge in [-0.15, -0.1) is 0 Å². The third-order valence-corrected chi connectivity index (χ3v) is 5.68. The van der Waals surface area contributed by atoms with E-state index in [1.54, 1.807) is 22.9 Å². The molecule has 0 saturated carbocycles. The molecule has 1 heterocycles. The van der Waals surface area contributed by atoms with E-state index in [2.05, 4.69) is 46.8 Å². The summed E-state index contributed by atoms with van der Waals surface area (Å²) in [6, 6.07) is 37.2. The number of para-hydroxylation sites is 2. The van der Waals surface area contributed by atoms with Gasteiger partial charge in [0, 0.05) is 5.56 Å². The molecule has 0 fully saturated rings. The Labute approximate surface area is 197 Å². The maximum Gasteiger partial charge on any atom is 0.276 e. The standard InChI is InChI=1S/C28H20ClN3O/c29-24-13-7-8-14-25(24)30-28(33)26-19-27(32(31-26)23-11-5-2-6-12-23)22-17-15-21(16-18-22)20-9-3-1-4-10-20/h1-19H,(H,30,33). The molecule has 0 aliphatic carbocycles. The fourth-order valence-electron chi connectivity index (χ4n) is 3.68. The van der Waals surface area contributed by atoms with Crippen molar-refractivity contribution in [2.45, 2.75) is 0 Å². The monoisotopic (exact) mass is 449 g/mol. The van der Waals surface area contributed by atoms with Crippen molar-refractivity contribution in [2.75, 3.05) is 5.32 Å². The molecule has 4 aromatic carbocycles. The molecular formula is C28H20ClN3O. The summed E-state index contributed by atoms with van der Waals surface area (Å²) in [4.78, 5) is 13.0. The van der Waals surface area contributed by atoms with Crippen molar-refractivity contribution in [1.82, 2.24) is 9.78 Å². The molecule has 5 aromatic rings. The number of halogens is 1. The van der Waals surface area contributed by atoms with Crippen LogP contribution in [-0.2, 0) is 0 Å². The van der Waals surface area contributed by atoms with Gasteiger partial charge in [0.1, 0.15) is 0 Å². The molecule has 1 N–H and O–H groups in total. The van der Waals surface area contributed by atoms with E-state index in [-0.39, 0.29) is 5.91 Å². The molecule has 0 radical (unpaired) electrons. The van der Waals surface area contributed by atoms with Crippen LogP contribution >= 0.6 is 11.6 Å². The van der Waals surface area contributed by atoms with Crippen LogP contribution in [0.1, 0.15) is 10.5 Å². The molecule has 0 spiro atoms. The van der Waals surface area contributed by atoms with Gasteiger partial charge in [0.2, 0.25) is 0 Å². The fourth-order valence-corrected chi connectivity index (χ4v) is 3.86. The Kier molecular flexibility index (Phi) is 5.75. The van der Waals surface area contributed by atoms with E-state index >= 15 is 0 Å². The lowest BCUT2D eigenvalue weighted by molar-refractivity contribution is 0.102. The van der Waals surface area contributed by atoms with Gasteiger partial charge in [-0.2, -0.15) is 5.10 Å². The van der Waals surface area contributed by atoms with E-state index in [4.69, 9.17) is 11.6 Å². The molecule has 0 bridgehead atoms. The average Bonchev–Trinajstić information content (AvgIpc) is 3.32. The Balaban J connectivity index is 1.53. The second-order valence-corrected chi connectivity index (χ2v) is 7.95. The molecular weight excluding hydrogens is 430 g/mol. The number of nitrogens with one attached hydrogen (secondary N) is 1. The Morgan fingerprint density at radius 3 is 1.97 bits per heavy atom. The second-order valence-electron chi connectivity index (χ2n) is 7.54. The molecule has 1 amide bonds. The number of anilines is 1. The van der Waals surface area contributed by atoms with Gasteiger partial charge in [-0.05, 0) is 41.5 Å². The number of hydrogen-bond donors (Lipinski definition) is 1. The summed E-state index contributed by atoms with van der Waals surface area (Å²) in [5.41, 5.74) is 5.79. The Morgan fingerprint density at radius 1 is 0.697 bits per heavy atom. The lowest BCUT2D eigenvalue weighted by Crippen LogP contribution is -2.13. The zero-order valence-corrected chi connectivity index (χ0v) is 18.4. The zero-order chi connectivity index (χ0) is 22.6. The number of hydrogen-bond acceptors (Lipinski definition) is 2. The molecule has 0 atom stereocenters. The van der Waals surface area contributed by atoms with Crippen molar-refractivity contribution in [3.8, 4) is 28.1 Å². The lowest BCUT2D eigenvalue weighted by Gasteiger charge is -2.08. The van der Waals surface area contributed by atoms with Crippen LogP contribution in [0.3, 0.4) is 0 Å². The minimum Gasteiger partial charge on any atom is -0.319 e. The highest BCUT2D eigenvalue weighted by Crippen LogP contribution is 2.28. The largest absolute Gasteiger partial charge is 0.319 e. The summed E-state index contributed by atoms with van der Waals surface area (Å²) in [7, 11) is 0. The summed E-state index contributed by atoms with van der Waals surface area (Å²) in [5, 5.41) is 7.96. The Bertz CT molecular complexity index is 1390. The number of benzene rings is 4. The van der Waals surface area contributed by atoms with E-state index in [0.29, 0.717) is 16.4 Å². The highest BCUT2D eigenvalue weighted by molar-refractivity contribution is 6.33. The number of nitrogens with zero attached hydrogens (tertiary/aromatic N) is 2. The molecule has 160 valence electrons. The first-order valence-electron chi connectivity index (χ1n) is 10.6. The van der Waals surface area contributed by atoms with Crippen molar-refractivity contribution < 1.29 is 4.79 Å². The molecule has 0 unspecified atom stereocenters. The predicted octanol–water partition coefficient (Wildman–Crippen LogP) is 7.11. The maximum atomic E-state index is 13.0. The van der Waals surface area contributed by atoms with Gasteiger partial charge in [-0.25, -0.2) is 4.68 Å². The minimum atomic E-state index is -0.320. The van der Waals surface area contributed by atoms with Crippen LogP contribution in [0.25, 0.3) is 28.1 Å². The molecule has 5 heteroatoms. The van der Waals surface area contributed by atoms with Crippen LogP contribution in [0.5, 0.6) is 0 Å². The van der Waals surface area contributed by atoms with Gasteiger partial charge in [-0.3, -0.25) is 4.79 Å². The summed E-state index contributed by atoms with van der Waals surface area (Å²) in [6.07, 6.45) is 0. The Hall–Kier alpha value is -4.15. The third-order valence-electron chi connectivity index (χ3n) is 5.35. The molecule has 4 nitrogen and oxygen atoms in total. The summed E-state index contributed by atoms with van der Waals surface area (Å²) < 4.78 is 1.79. The number of amides is 1. The first kappa shape index (κ1) is 20.7. The highest BCUT2D eigenvalue weighted by atomic mass is 35.5. The molecule has 0 aliphatic heterocycles. The average molecular weight is 450 g/mol. The van der Waals surface area contributed by atoms with Crippen LogP contribution in [0.2, 0.25) is 5.02 Å². The van der Waals surface area contributed by atoms with Crippen LogP contribution < -0.4 is 5.32 Å². The van der Waals surface area contributed by atoms with Gasteiger partial charge in [0.05, 0.1) is 22.1 Å². The lowest BCUT2D eigenvalue weighted by atomic mass is 10.0. The highest BCUT2D eigenvalue weighted by Gasteiger charge is 2.18. The number of carbonyl (C=O) groups excluding carboxylic acids is 1. The first-order chi connectivity index (χ1) is 16.2. The summed E-state index contributed by atoms with van der Waals surface area (Å²) >= 11 is 6.21. The Morgan fingerprint density at radius 2 is 1.27 bits per heavy atom. The van der Waals surface area contributed by atoms with Crippen molar-refractivity contribution >= 4 is 23.2 Å². The number of aromatic nitrogens is 2. The summed E-state index contributed by atoms with van der Waals surface area (Å²) in [6.45, 7) is 0.